The van der Waals surface area contributed by atoms with Crippen LogP contribution < -0.4 is 10.2 Å². The van der Waals surface area contributed by atoms with Crippen LogP contribution in [-0.2, 0) is 0 Å². The summed E-state index contributed by atoms with van der Waals surface area (Å²) >= 11 is 0. The van der Waals surface area contributed by atoms with Gasteiger partial charge in [-0.2, -0.15) is 0 Å². The van der Waals surface area contributed by atoms with E-state index in [9.17, 15) is 0 Å². The van der Waals surface area contributed by atoms with Crippen molar-refractivity contribution >= 4 is 20.3 Å². The molecule has 0 aliphatic carbocycles. The van der Waals surface area contributed by atoms with E-state index in [2.05, 4.69) is 4.98 Å². The van der Waals surface area contributed by atoms with Gasteiger partial charge in [0.15, 0.2) is 0 Å². The lowest BCUT2D eigenvalue weighted by Crippen LogP contribution is -2.29. The fourth-order valence-corrected chi connectivity index (χ4v) is 0.665. The first-order valence-corrected chi connectivity index (χ1v) is 3.62. The summed E-state index contributed by atoms with van der Waals surface area (Å²) in [5.41, 5.74) is 0.353. The molecule has 0 saturated heterocycles. The lowest BCUT2D eigenvalue weighted by Gasteiger charge is -1.99. The number of rotatable bonds is 2. The summed E-state index contributed by atoms with van der Waals surface area (Å²) < 4.78 is 4.77. The number of hydrogen-bond donors (Lipinski definition) is 4. The van der Waals surface area contributed by atoms with Crippen molar-refractivity contribution in [1.82, 2.24) is 4.98 Å². The molecule has 0 saturated carbocycles. The van der Waals surface area contributed by atoms with Crippen LogP contribution in [0.1, 0.15) is 0 Å². The van der Waals surface area contributed by atoms with Gasteiger partial charge in [-0.3, -0.25) is 0 Å². The van der Waals surface area contributed by atoms with Crippen molar-refractivity contribution in [3.05, 3.63) is 18.3 Å². The first kappa shape index (κ1) is 12.9. The normalized spacial score (nSPS) is 8.36. The second kappa shape index (κ2) is 7.34. The van der Waals surface area contributed by atoms with Gasteiger partial charge < -0.3 is 24.8 Å². The first-order chi connectivity index (χ1) is 6.65. The van der Waals surface area contributed by atoms with Crippen molar-refractivity contribution in [2.24, 2.45) is 0 Å². The quantitative estimate of drug-likeness (QED) is 0.384. The molecule has 0 atom stereocenters. The third kappa shape index (κ3) is 4.83. The zero-order valence-electron chi connectivity index (χ0n) is 7.53. The van der Waals surface area contributed by atoms with Gasteiger partial charge >= 0.3 is 14.8 Å². The molecule has 75 valence electrons. The van der Waals surface area contributed by atoms with Crippen LogP contribution in [0.4, 0.5) is 0 Å². The van der Waals surface area contributed by atoms with Crippen LogP contribution in [0.5, 0.6) is 5.88 Å². The Morgan fingerprint density at radius 1 is 1.36 bits per heavy atom. The van der Waals surface area contributed by atoms with Gasteiger partial charge in [0.2, 0.25) is 5.88 Å². The molecular formula is C6H10B2NO5. The number of nitrogens with zero attached hydrogens (tertiary/aromatic N) is 1. The van der Waals surface area contributed by atoms with E-state index in [0.29, 0.717) is 11.3 Å². The minimum atomic E-state index is -1.46. The van der Waals surface area contributed by atoms with Crippen LogP contribution in [0.3, 0.4) is 0 Å². The second-order valence-corrected chi connectivity index (χ2v) is 2.12. The molecule has 4 N–H and O–H groups in total. The molecule has 14 heavy (non-hydrogen) atoms. The minimum Gasteiger partial charge on any atom is -0.481 e. The predicted octanol–water partition coefficient (Wildman–Crippen LogP) is -2.72. The molecule has 1 aromatic rings. The average Bonchev–Trinajstić information content (AvgIpc) is 2.19. The lowest BCUT2D eigenvalue weighted by atomic mass is 9.82. The highest BCUT2D eigenvalue weighted by atomic mass is 16.5. The summed E-state index contributed by atoms with van der Waals surface area (Å²) in [6.45, 7) is 0. The van der Waals surface area contributed by atoms with Crippen LogP contribution in [0.15, 0.2) is 18.3 Å². The third-order valence-corrected chi connectivity index (χ3v) is 1.27. The van der Waals surface area contributed by atoms with Crippen LogP contribution in [0.25, 0.3) is 0 Å². The zero-order chi connectivity index (χ0) is 11.0. The zero-order valence-corrected chi connectivity index (χ0v) is 7.53. The molecule has 0 aliphatic rings. The molecule has 0 fully saturated rings. The van der Waals surface area contributed by atoms with Crippen molar-refractivity contribution in [2.75, 3.05) is 7.11 Å². The van der Waals surface area contributed by atoms with E-state index in [0.717, 1.165) is 0 Å². The number of pyridine rings is 1. The third-order valence-electron chi connectivity index (χ3n) is 1.27. The maximum Gasteiger partial charge on any atom is 0.490 e. The van der Waals surface area contributed by atoms with Crippen LogP contribution in [0, 0.1) is 0 Å². The van der Waals surface area contributed by atoms with E-state index < -0.39 is 7.12 Å². The summed E-state index contributed by atoms with van der Waals surface area (Å²) in [6, 6.07) is 3.10. The van der Waals surface area contributed by atoms with E-state index in [1.54, 1.807) is 6.07 Å². The summed E-state index contributed by atoms with van der Waals surface area (Å²) in [6.07, 6.45) is 1.35. The molecule has 0 aliphatic heterocycles. The van der Waals surface area contributed by atoms with Crippen LogP contribution >= 0.6 is 0 Å². The molecule has 1 heterocycles. The summed E-state index contributed by atoms with van der Waals surface area (Å²) in [7, 11) is 0.0330. The Morgan fingerprint density at radius 2 is 1.93 bits per heavy atom. The van der Waals surface area contributed by atoms with E-state index in [-0.39, 0.29) is 7.69 Å². The van der Waals surface area contributed by atoms with E-state index in [1.807, 2.05) is 0 Å². The summed E-state index contributed by atoms with van der Waals surface area (Å²) in [4.78, 5) is 3.78. The smallest absolute Gasteiger partial charge is 0.481 e. The van der Waals surface area contributed by atoms with Gasteiger partial charge in [0.05, 0.1) is 7.11 Å². The van der Waals surface area contributed by atoms with E-state index in [1.165, 1.54) is 19.4 Å². The Bertz CT molecular complexity index is 242. The Balaban J connectivity index is 0.000000500. The van der Waals surface area contributed by atoms with E-state index in [4.69, 9.17) is 24.8 Å². The van der Waals surface area contributed by atoms with Crippen molar-refractivity contribution < 1.29 is 24.8 Å². The molecule has 1 rings (SSSR count). The van der Waals surface area contributed by atoms with Gasteiger partial charge in [0.25, 0.3) is 0 Å². The maximum absolute atomic E-state index is 8.66. The van der Waals surface area contributed by atoms with Crippen molar-refractivity contribution in [2.45, 2.75) is 0 Å². The van der Waals surface area contributed by atoms with Crippen molar-refractivity contribution in [1.29, 1.82) is 0 Å². The number of hydrogen-bond acceptors (Lipinski definition) is 6. The highest BCUT2D eigenvalue weighted by Gasteiger charge is 2.10. The minimum absolute atomic E-state index is 0. The number of ether oxygens (including phenoxy) is 1. The molecule has 8 heteroatoms. The average molecular weight is 198 g/mol. The predicted molar refractivity (Wildman–Crippen MR) is 50.8 cm³/mol. The van der Waals surface area contributed by atoms with Gasteiger partial charge in [-0.15, -0.1) is 0 Å². The van der Waals surface area contributed by atoms with Gasteiger partial charge in [-0.1, -0.05) is 6.07 Å². The molecule has 0 aromatic carbocycles. The van der Waals surface area contributed by atoms with Gasteiger partial charge in [-0.25, -0.2) is 4.98 Å². The SMILES string of the molecule is COc1ccc(B(O)O)cn1.O[B]O. The highest BCUT2D eigenvalue weighted by molar-refractivity contribution is 6.58. The molecule has 0 bridgehead atoms. The van der Waals surface area contributed by atoms with Gasteiger partial charge in [-0.05, 0) is 6.07 Å². The Hall–Kier alpha value is -1.08. The number of methoxy groups -OCH3 is 1. The Kier molecular flexibility index (Phi) is 6.77. The van der Waals surface area contributed by atoms with E-state index >= 15 is 0 Å². The molecule has 1 aromatic heterocycles. The molecule has 0 amide bonds. The molecule has 6 nitrogen and oxygen atoms in total. The monoisotopic (exact) mass is 198 g/mol. The fourth-order valence-electron chi connectivity index (χ4n) is 0.665. The van der Waals surface area contributed by atoms with Gasteiger partial charge in [0, 0.05) is 11.7 Å². The standard InChI is InChI=1S/C6H8BNO3.BH2O2/c1-11-6-3-2-5(4-8-6)7(9)10;2-1-3/h2-4,9-10H,1H3;2-3H. The molecule has 0 spiro atoms. The molecule has 1 radical (unpaired) electrons. The highest BCUT2D eigenvalue weighted by Crippen LogP contribution is 1.99. The molecular weight excluding hydrogens is 188 g/mol. The van der Waals surface area contributed by atoms with Gasteiger partial charge in [0.1, 0.15) is 0 Å². The number of aromatic nitrogens is 1. The Labute approximate surface area is 82.3 Å². The molecule has 0 unspecified atom stereocenters. The fraction of sp³-hybridized carbons (Fsp3) is 0.167. The van der Waals surface area contributed by atoms with Crippen LogP contribution in [-0.4, -0.2) is 47.0 Å². The van der Waals surface area contributed by atoms with Crippen molar-refractivity contribution in [3.63, 3.8) is 0 Å². The topological polar surface area (TPSA) is 103 Å². The van der Waals surface area contributed by atoms with Crippen LogP contribution in [0.2, 0.25) is 0 Å². The summed E-state index contributed by atoms with van der Waals surface area (Å²) in [5.74, 6) is 0.453. The Morgan fingerprint density at radius 3 is 2.21 bits per heavy atom. The second-order valence-electron chi connectivity index (χ2n) is 2.12. The largest absolute Gasteiger partial charge is 0.490 e. The lowest BCUT2D eigenvalue weighted by molar-refractivity contribution is 0.397. The summed E-state index contributed by atoms with van der Waals surface area (Å²) in [5, 5.41) is 31.3. The first-order valence-electron chi connectivity index (χ1n) is 3.62. The van der Waals surface area contributed by atoms with Crippen molar-refractivity contribution in [3.8, 4) is 5.88 Å². The maximum atomic E-state index is 8.66.